The predicted octanol–water partition coefficient (Wildman–Crippen LogP) is 2.86. The summed E-state index contributed by atoms with van der Waals surface area (Å²) >= 11 is 0. The highest BCUT2D eigenvalue weighted by atomic mass is 32.2. The van der Waals surface area contributed by atoms with E-state index < -0.39 is 15.7 Å². The zero-order valence-corrected chi connectivity index (χ0v) is 15.2. The molecule has 0 spiro atoms. The molecule has 0 fully saturated rings. The molecule has 25 heavy (non-hydrogen) atoms. The van der Waals surface area contributed by atoms with E-state index in [0.717, 1.165) is 11.8 Å². The number of aryl methyl sites for hydroxylation is 1. The molecule has 0 radical (unpaired) electrons. The van der Waals surface area contributed by atoms with E-state index >= 15 is 0 Å². The number of nitrogens with one attached hydrogen (secondary N) is 1. The maximum atomic E-state index is 12.5. The van der Waals surface area contributed by atoms with Crippen molar-refractivity contribution < 1.29 is 22.7 Å². The monoisotopic (exact) mass is 361 g/mol. The van der Waals surface area contributed by atoms with Gasteiger partial charge in [0.25, 0.3) is 5.91 Å². The number of methoxy groups -OCH3 is 1. The largest absolute Gasteiger partial charge is 0.495 e. The number of ketones is 1. The zero-order valence-electron chi connectivity index (χ0n) is 14.4. The van der Waals surface area contributed by atoms with Crippen LogP contribution in [-0.4, -0.2) is 33.5 Å². The molecule has 0 aliphatic rings. The molecule has 2 rings (SSSR count). The molecule has 132 valence electrons. The van der Waals surface area contributed by atoms with E-state index in [1.807, 2.05) is 0 Å². The molecule has 0 bridgehead atoms. The number of ether oxygens (including phenoxy) is 1. The van der Waals surface area contributed by atoms with Gasteiger partial charge in [-0.2, -0.15) is 0 Å². The summed E-state index contributed by atoms with van der Waals surface area (Å²) in [5, 5.41) is 2.71. The van der Waals surface area contributed by atoms with Gasteiger partial charge in [0.1, 0.15) is 10.6 Å². The molecule has 0 aliphatic heterocycles. The number of carbonyl (C=O) groups is 2. The van der Waals surface area contributed by atoms with E-state index in [4.69, 9.17) is 4.74 Å². The van der Waals surface area contributed by atoms with Crippen LogP contribution in [0.4, 0.5) is 5.69 Å². The molecule has 1 amide bonds. The standard InChI is InChI=1S/C18H19NO5S/c1-11-5-6-13(12(2)20)9-15(11)19-18(21)14-7-8-16(24-3)17(10-14)25(4,22)23/h5-10H,1-4H3,(H,19,21). The topological polar surface area (TPSA) is 89.5 Å². The molecule has 0 saturated carbocycles. The fourth-order valence-electron chi connectivity index (χ4n) is 2.28. The number of benzene rings is 2. The maximum Gasteiger partial charge on any atom is 0.255 e. The fourth-order valence-corrected chi connectivity index (χ4v) is 3.14. The second-order valence-electron chi connectivity index (χ2n) is 5.68. The molecule has 1 N–H and O–H groups in total. The SMILES string of the molecule is COc1ccc(C(=O)Nc2cc(C(C)=O)ccc2C)cc1S(C)(=O)=O. The Labute approximate surface area is 146 Å². The van der Waals surface area contributed by atoms with Crippen molar-refractivity contribution >= 4 is 27.2 Å². The van der Waals surface area contributed by atoms with Gasteiger partial charge in [0.05, 0.1) is 7.11 Å². The summed E-state index contributed by atoms with van der Waals surface area (Å²) in [6.07, 6.45) is 1.05. The first-order valence-electron chi connectivity index (χ1n) is 7.44. The minimum Gasteiger partial charge on any atom is -0.495 e. The van der Waals surface area contributed by atoms with Gasteiger partial charge in [-0.05, 0) is 43.7 Å². The van der Waals surface area contributed by atoms with Crippen LogP contribution in [-0.2, 0) is 9.84 Å². The fraction of sp³-hybridized carbons (Fsp3) is 0.222. The number of Topliss-reactive ketones (excluding diaryl/α,β-unsaturated/α-hetero) is 1. The van der Waals surface area contributed by atoms with Gasteiger partial charge in [-0.15, -0.1) is 0 Å². The molecule has 0 unspecified atom stereocenters. The zero-order chi connectivity index (χ0) is 18.8. The molecule has 0 aliphatic carbocycles. The van der Waals surface area contributed by atoms with E-state index in [0.29, 0.717) is 11.3 Å². The average Bonchev–Trinajstić information content (AvgIpc) is 2.55. The van der Waals surface area contributed by atoms with Crippen molar-refractivity contribution in [2.45, 2.75) is 18.7 Å². The van der Waals surface area contributed by atoms with Gasteiger partial charge in [-0.1, -0.05) is 12.1 Å². The minimum atomic E-state index is -3.55. The third kappa shape index (κ3) is 4.24. The Bertz CT molecular complexity index is 948. The number of hydrogen-bond donors (Lipinski definition) is 1. The number of anilines is 1. The molecular formula is C18H19NO5S. The Balaban J connectivity index is 2.40. The van der Waals surface area contributed by atoms with E-state index in [9.17, 15) is 18.0 Å². The van der Waals surface area contributed by atoms with E-state index in [1.54, 1.807) is 25.1 Å². The number of hydrogen-bond acceptors (Lipinski definition) is 5. The molecule has 2 aromatic carbocycles. The minimum absolute atomic E-state index is 0.0585. The highest BCUT2D eigenvalue weighted by Gasteiger charge is 2.18. The van der Waals surface area contributed by atoms with Crippen LogP contribution < -0.4 is 10.1 Å². The Hall–Kier alpha value is -2.67. The van der Waals surface area contributed by atoms with Crippen LogP contribution in [0.25, 0.3) is 0 Å². The molecule has 2 aromatic rings. The highest BCUT2D eigenvalue weighted by Crippen LogP contribution is 2.26. The molecular weight excluding hydrogens is 342 g/mol. The van der Waals surface area contributed by atoms with Crippen molar-refractivity contribution in [3.05, 3.63) is 53.1 Å². The summed E-state index contributed by atoms with van der Waals surface area (Å²) < 4.78 is 28.8. The maximum absolute atomic E-state index is 12.5. The van der Waals surface area contributed by atoms with Crippen LogP contribution in [0.15, 0.2) is 41.3 Å². The Morgan fingerprint density at radius 1 is 1.04 bits per heavy atom. The van der Waals surface area contributed by atoms with Crippen molar-refractivity contribution in [3.63, 3.8) is 0 Å². The Kier molecular flexibility index (Phi) is 5.27. The van der Waals surface area contributed by atoms with E-state index in [1.165, 1.54) is 32.2 Å². The van der Waals surface area contributed by atoms with Gasteiger partial charge in [0.15, 0.2) is 15.6 Å². The smallest absolute Gasteiger partial charge is 0.255 e. The molecule has 0 heterocycles. The number of carbonyl (C=O) groups excluding carboxylic acids is 2. The van der Waals surface area contributed by atoms with E-state index in [-0.39, 0.29) is 22.0 Å². The first-order valence-corrected chi connectivity index (χ1v) is 9.33. The third-order valence-electron chi connectivity index (χ3n) is 3.72. The Morgan fingerprint density at radius 2 is 1.68 bits per heavy atom. The van der Waals surface area contributed by atoms with Crippen LogP contribution >= 0.6 is 0 Å². The second kappa shape index (κ2) is 7.06. The highest BCUT2D eigenvalue weighted by molar-refractivity contribution is 7.90. The quantitative estimate of drug-likeness (QED) is 0.827. The van der Waals surface area contributed by atoms with E-state index in [2.05, 4.69) is 5.32 Å². The summed E-state index contributed by atoms with van der Waals surface area (Å²) in [5.41, 5.74) is 1.94. The molecule has 0 saturated heterocycles. The third-order valence-corrected chi connectivity index (χ3v) is 4.84. The van der Waals surface area contributed by atoms with Crippen LogP contribution in [0, 0.1) is 6.92 Å². The molecule has 7 heteroatoms. The lowest BCUT2D eigenvalue weighted by molar-refractivity contribution is 0.101. The summed E-state index contributed by atoms with van der Waals surface area (Å²) in [5.74, 6) is -0.413. The summed E-state index contributed by atoms with van der Waals surface area (Å²) in [6, 6.07) is 9.20. The van der Waals surface area contributed by atoms with Crippen LogP contribution in [0.2, 0.25) is 0 Å². The van der Waals surface area contributed by atoms with Gasteiger partial charge >= 0.3 is 0 Å². The van der Waals surface area contributed by atoms with Crippen molar-refractivity contribution in [2.75, 3.05) is 18.7 Å². The van der Waals surface area contributed by atoms with Crippen LogP contribution in [0.3, 0.4) is 0 Å². The Morgan fingerprint density at radius 3 is 2.24 bits per heavy atom. The lowest BCUT2D eigenvalue weighted by atomic mass is 10.1. The van der Waals surface area contributed by atoms with Gasteiger partial charge in [-0.25, -0.2) is 8.42 Å². The van der Waals surface area contributed by atoms with Crippen molar-refractivity contribution in [1.82, 2.24) is 0 Å². The molecule has 0 aromatic heterocycles. The average molecular weight is 361 g/mol. The molecule has 0 atom stereocenters. The summed E-state index contributed by atoms with van der Waals surface area (Å²) in [7, 11) is -2.19. The number of sulfone groups is 1. The lowest BCUT2D eigenvalue weighted by Gasteiger charge is -2.12. The first-order chi connectivity index (χ1) is 11.6. The van der Waals surface area contributed by atoms with Crippen molar-refractivity contribution in [2.24, 2.45) is 0 Å². The van der Waals surface area contributed by atoms with Crippen molar-refractivity contribution in [1.29, 1.82) is 0 Å². The van der Waals surface area contributed by atoms with Gasteiger partial charge in [0, 0.05) is 23.1 Å². The lowest BCUT2D eigenvalue weighted by Crippen LogP contribution is -2.14. The van der Waals surface area contributed by atoms with Gasteiger partial charge in [0.2, 0.25) is 0 Å². The van der Waals surface area contributed by atoms with Crippen LogP contribution in [0.5, 0.6) is 5.75 Å². The summed E-state index contributed by atoms with van der Waals surface area (Å²) in [4.78, 5) is 23.9. The van der Waals surface area contributed by atoms with Gasteiger partial charge in [-0.3, -0.25) is 9.59 Å². The number of amides is 1. The first kappa shape index (κ1) is 18.7. The molecule has 6 nitrogen and oxygen atoms in total. The predicted molar refractivity (Wildman–Crippen MR) is 95.2 cm³/mol. The number of rotatable bonds is 5. The van der Waals surface area contributed by atoms with Gasteiger partial charge < -0.3 is 10.1 Å². The summed E-state index contributed by atoms with van der Waals surface area (Å²) in [6.45, 7) is 3.24. The normalized spacial score (nSPS) is 11.0. The van der Waals surface area contributed by atoms with Crippen molar-refractivity contribution in [3.8, 4) is 5.75 Å². The van der Waals surface area contributed by atoms with Crippen LogP contribution in [0.1, 0.15) is 33.2 Å². The second-order valence-corrected chi connectivity index (χ2v) is 7.66.